The van der Waals surface area contributed by atoms with Crippen molar-refractivity contribution in [1.29, 1.82) is 0 Å². The van der Waals surface area contributed by atoms with Crippen molar-refractivity contribution in [2.24, 2.45) is 0 Å². The van der Waals surface area contributed by atoms with Crippen LogP contribution in [0.15, 0.2) is 51.1 Å². The van der Waals surface area contributed by atoms with E-state index < -0.39 is 29.7 Å². The van der Waals surface area contributed by atoms with Crippen molar-refractivity contribution in [3.8, 4) is 0 Å². The van der Waals surface area contributed by atoms with Crippen molar-refractivity contribution >= 4 is 22.0 Å². The molecule has 3 atom stereocenters. The summed E-state index contributed by atoms with van der Waals surface area (Å²) in [5.41, 5.74) is 0.241. The first-order chi connectivity index (χ1) is 13.6. The number of hydrogen-bond donors (Lipinski definition) is 2. The summed E-state index contributed by atoms with van der Waals surface area (Å²) in [5.74, 6) is 0. The number of aliphatic hydroxyl groups is 1. The first-order valence-corrected chi connectivity index (χ1v) is 9.65. The van der Waals surface area contributed by atoms with Gasteiger partial charge in [-0.25, -0.2) is 4.79 Å². The van der Waals surface area contributed by atoms with E-state index in [0.717, 1.165) is 5.56 Å². The van der Waals surface area contributed by atoms with Gasteiger partial charge in [0.2, 0.25) is 0 Å². The van der Waals surface area contributed by atoms with Gasteiger partial charge in [0.05, 0.1) is 24.9 Å². The van der Waals surface area contributed by atoms with Crippen molar-refractivity contribution in [3.05, 3.63) is 73.5 Å². The SMILES string of the molecule is O=c1[nH]c(=O)n([C@H]2C[C@H](O)[C@@H](COCOCc3ccccc3)O2)cc1/C=C/Br. The summed E-state index contributed by atoms with van der Waals surface area (Å²) >= 11 is 3.10. The van der Waals surface area contributed by atoms with E-state index in [1.807, 2.05) is 30.3 Å². The Hall–Kier alpha value is -2.04. The largest absolute Gasteiger partial charge is 0.390 e. The molecule has 1 fully saturated rings. The number of nitrogens with one attached hydrogen (secondary N) is 1. The molecule has 3 rings (SSSR count). The molecule has 2 aromatic rings. The van der Waals surface area contributed by atoms with Gasteiger partial charge < -0.3 is 19.3 Å². The zero-order valence-corrected chi connectivity index (χ0v) is 16.6. The Kier molecular flexibility index (Phi) is 7.35. The monoisotopic (exact) mass is 452 g/mol. The van der Waals surface area contributed by atoms with Crippen LogP contribution in [-0.2, 0) is 20.8 Å². The Balaban J connectivity index is 1.52. The van der Waals surface area contributed by atoms with E-state index in [2.05, 4.69) is 20.9 Å². The summed E-state index contributed by atoms with van der Waals surface area (Å²) < 4.78 is 17.9. The maximum absolute atomic E-state index is 12.1. The molecule has 0 spiro atoms. The van der Waals surface area contributed by atoms with Gasteiger partial charge >= 0.3 is 5.69 Å². The molecule has 2 heterocycles. The fourth-order valence-corrected chi connectivity index (χ4v) is 3.18. The summed E-state index contributed by atoms with van der Waals surface area (Å²) in [4.78, 5) is 27.6. The first kappa shape index (κ1) is 20.7. The lowest BCUT2D eigenvalue weighted by atomic mass is 10.2. The summed E-state index contributed by atoms with van der Waals surface area (Å²) in [7, 11) is 0. The summed E-state index contributed by atoms with van der Waals surface area (Å²) in [6.45, 7) is 0.609. The second-order valence-corrected chi connectivity index (χ2v) is 6.83. The van der Waals surface area contributed by atoms with Gasteiger partial charge in [0.15, 0.2) is 0 Å². The predicted octanol–water partition coefficient (Wildman–Crippen LogP) is 1.74. The number of ether oxygens (including phenoxy) is 3. The lowest BCUT2D eigenvalue weighted by Crippen LogP contribution is -2.33. The highest BCUT2D eigenvalue weighted by Gasteiger charge is 2.35. The van der Waals surface area contributed by atoms with Crippen molar-refractivity contribution in [1.82, 2.24) is 9.55 Å². The Labute approximate surface area is 169 Å². The molecule has 0 saturated carbocycles. The summed E-state index contributed by atoms with van der Waals surface area (Å²) in [5, 5.41) is 10.2. The Morgan fingerprint density at radius 3 is 2.82 bits per heavy atom. The van der Waals surface area contributed by atoms with Crippen molar-refractivity contribution < 1.29 is 19.3 Å². The third kappa shape index (κ3) is 5.27. The van der Waals surface area contributed by atoms with Gasteiger partial charge in [-0.1, -0.05) is 46.3 Å². The van der Waals surface area contributed by atoms with Gasteiger partial charge in [-0.2, -0.15) is 0 Å². The quantitative estimate of drug-likeness (QED) is 0.467. The van der Waals surface area contributed by atoms with E-state index in [1.54, 1.807) is 0 Å². The van der Waals surface area contributed by atoms with Crippen molar-refractivity contribution in [3.63, 3.8) is 0 Å². The standard InChI is InChI=1S/C19H21BrN2O6/c20-7-6-14-9-22(19(25)21-18(14)24)17-8-15(23)16(28-17)11-27-12-26-10-13-4-2-1-3-5-13/h1-7,9,15-17,23H,8,10-12H2,(H,21,24,25)/b7-6+/t15-,16+,17+/m0/s1. The van der Waals surface area contributed by atoms with Crippen molar-refractivity contribution in [2.45, 2.75) is 31.5 Å². The van der Waals surface area contributed by atoms with Gasteiger partial charge in [0, 0.05) is 12.6 Å². The maximum atomic E-state index is 12.1. The van der Waals surface area contributed by atoms with Crippen LogP contribution < -0.4 is 11.2 Å². The topological polar surface area (TPSA) is 103 Å². The van der Waals surface area contributed by atoms with Crippen LogP contribution in [0.5, 0.6) is 0 Å². The molecule has 1 aliphatic heterocycles. The second kappa shape index (κ2) is 9.94. The molecule has 8 nitrogen and oxygen atoms in total. The predicted molar refractivity (Wildman–Crippen MR) is 106 cm³/mol. The molecule has 1 aliphatic rings. The lowest BCUT2D eigenvalue weighted by molar-refractivity contribution is -0.114. The average molecular weight is 453 g/mol. The molecular formula is C19H21BrN2O6. The molecule has 0 unspecified atom stereocenters. The van der Waals surface area contributed by atoms with E-state index >= 15 is 0 Å². The Bertz CT molecular complexity index is 911. The molecule has 0 bridgehead atoms. The minimum absolute atomic E-state index is 0.0605. The molecule has 2 N–H and O–H groups in total. The zero-order valence-electron chi connectivity index (χ0n) is 15.0. The molecule has 0 aliphatic carbocycles. The molecule has 1 aromatic carbocycles. The number of aliphatic hydroxyl groups excluding tert-OH is 1. The summed E-state index contributed by atoms with van der Waals surface area (Å²) in [6.07, 6.45) is 1.04. The normalized spacial score (nSPS) is 22.1. The molecule has 28 heavy (non-hydrogen) atoms. The van der Waals surface area contributed by atoms with E-state index in [0.29, 0.717) is 12.2 Å². The third-order valence-electron chi connectivity index (χ3n) is 4.31. The average Bonchev–Trinajstić information content (AvgIpc) is 3.05. The van der Waals surface area contributed by atoms with Gasteiger partial charge in [-0.15, -0.1) is 0 Å². The molecule has 9 heteroatoms. The van der Waals surface area contributed by atoms with Gasteiger partial charge in [-0.05, 0) is 16.6 Å². The van der Waals surface area contributed by atoms with Crippen LogP contribution in [0.4, 0.5) is 0 Å². The molecule has 150 valence electrons. The second-order valence-electron chi connectivity index (χ2n) is 6.30. The molecule has 0 radical (unpaired) electrons. The number of nitrogens with zero attached hydrogens (tertiary/aromatic N) is 1. The summed E-state index contributed by atoms with van der Waals surface area (Å²) in [6, 6.07) is 9.70. The van der Waals surface area contributed by atoms with Crippen molar-refractivity contribution in [2.75, 3.05) is 13.4 Å². The minimum atomic E-state index is -0.798. The molecule has 0 amide bonds. The zero-order chi connectivity index (χ0) is 19.9. The van der Waals surface area contributed by atoms with Crippen LogP contribution >= 0.6 is 15.9 Å². The number of aromatic nitrogens is 2. The highest BCUT2D eigenvalue weighted by molar-refractivity contribution is 9.11. The smallest absolute Gasteiger partial charge is 0.330 e. The van der Waals surface area contributed by atoms with Gasteiger partial charge in [0.1, 0.15) is 19.1 Å². The molecule has 1 aromatic heterocycles. The highest BCUT2D eigenvalue weighted by Crippen LogP contribution is 2.27. The van der Waals surface area contributed by atoms with Crippen LogP contribution in [0, 0.1) is 0 Å². The van der Waals surface area contributed by atoms with E-state index in [9.17, 15) is 14.7 Å². The highest BCUT2D eigenvalue weighted by atomic mass is 79.9. The third-order valence-corrected chi connectivity index (χ3v) is 4.58. The molecule has 1 saturated heterocycles. The van der Waals surface area contributed by atoms with Gasteiger partial charge in [0.25, 0.3) is 5.56 Å². The van der Waals surface area contributed by atoms with Crippen LogP contribution in [0.25, 0.3) is 6.08 Å². The fourth-order valence-electron chi connectivity index (χ4n) is 2.89. The van der Waals surface area contributed by atoms with Crippen LogP contribution in [0.2, 0.25) is 0 Å². The Morgan fingerprint density at radius 2 is 2.07 bits per heavy atom. The van der Waals surface area contributed by atoms with E-state index in [-0.39, 0.29) is 19.8 Å². The van der Waals surface area contributed by atoms with Crippen LogP contribution in [0.3, 0.4) is 0 Å². The number of hydrogen-bond acceptors (Lipinski definition) is 6. The Morgan fingerprint density at radius 1 is 1.29 bits per heavy atom. The van der Waals surface area contributed by atoms with Crippen LogP contribution in [-0.4, -0.2) is 40.3 Å². The number of H-pyrrole nitrogens is 1. The number of halogens is 1. The van der Waals surface area contributed by atoms with Gasteiger partial charge in [-0.3, -0.25) is 14.3 Å². The maximum Gasteiger partial charge on any atom is 0.330 e. The molecular weight excluding hydrogens is 432 g/mol. The fraction of sp³-hybridized carbons (Fsp3) is 0.368. The van der Waals surface area contributed by atoms with Crippen LogP contribution in [0.1, 0.15) is 23.8 Å². The number of aromatic amines is 1. The number of benzene rings is 1. The number of rotatable bonds is 8. The van der Waals surface area contributed by atoms with E-state index in [4.69, 9.17) is 14.2 Å². The van der Waals surface area contributed by atoms with E-state index in [1.165, 1.54) is 21.8 Å². The lowest BCUT2D eigenvalue weighted by Gasteiger charge is -2.16. The first-order valence-electron chi connectivity index (χ1n) is 8.73. The minimum Gasteiger partial charge on any atom is -0.390 e.